The average Bonchev–Trinajstić information content (AvgIpc) is 2.83. The molecule has 5 aliphatic heterocycles. The Kier molecular flexibility index (Phi) is 13.3. The maximum atomic E-state index is 12.0. The highest BCUT2D eigenvalue weighted by Gasteiger charge is 2.36. The van der Waals surface area contributed by atoms with Gasteiger partial charge in [-0.1, -0.05) is 0 Å². The van der Waals surface area contributed by atoms with Gasteiger partial charge in [0.2, 0.25) is 0 Å². The van der Waals surface area contributed by atoms with Crippen molar-refractivity contribution < 1.29 is 28.5 Å². The molecule has 5 rings (SSSR count). The normalized spacial score (nSPS) is 27.9. The summed E-state index contributed by atoms with van der Waals surface area (Å²) >= 11 is 0. The fraction of sp³-hybridized carbons (Fsp3) is 0.935. The van der Waals surface area contributed by atoms with Gasteiger partial charge in [0.05, 0.1) is 38.5 Å². The van der Waals surface area contributed by atoms with Gasteiger partial charge in [0.15, 0.2) is 0 Å². The van der Waals surface area contributed by atoms with Crippen molar-refractivity contribution in [2.24, 2.45) is 0 Å². The number of rotatable bonds is 2. The summed E-state index contributed by atoms with van der Waals surface area (Å²) in [5.41, 5.74) is -0.815. The summed E-state index contributed by atoms with van der Waals surface area (Å²) in [6.45, 7) is 29.6. The highest BCUT2D eigenvalue weighted by molar-refractivity contribution is 5.68. The van der Waals surface area contributed by atoms with E-state index in [1.165, 1.54) is 6.54 Å². The quantitative estimate of drug-likeness (QED) is 0.482. The molecule has 5 aliphatic rings. The van der Waals surface area contributed by atoms with Crippen LogP contribution < -0.4 is 10.6 Å². The van der Waals surface area contributed by atoms with E-state index in [-0.39, 0.29) is 12.2 Å². The molecule has 2 N–H and O–H groups in total. The Balaban J connectivity index is 0.000000182. The summed E-state index contributed by atoms with van der Waals surface area (Å²) in [7, 11) is 0. The van der Waals surface area contributed by atoms with Gasteiger partial charge < -0.3 is 39.4 Å². The van der Waals surface area contributed by atoms with Gasteiger partial charge in [-0.3, -0.25) is 9.80 Å². The molecule has 2 amide bonds. The maximum absolute atomic E-state index is 12.0. The monoisotopic (exact) mass is 612 g/mol. The Labute approximate surface area is 260 Å². The van der Waals surface area contributed by atoms with Gasteiger partial charge in [-0.05, 0) is 62.3 Å². The topological polar surface area (TPSA) is 108 Å². The highest BCUT2D eigenvalue weighted by Crippen LogP contribution is 2.20. The van der Waals surface area contributed by atoms with E-state index in [9.17, 15) is 9.59 Å². The van der Waals surface area contributed by atoms with Crippen molar-refractivity contribution in [1.29, 1.82) is 0 Å². The Bertz CT molecular complexity index is 870. The van der Waals surface area contributed by atoms with Gasteiger partial charge >= 0.3 is 12.2 Å². The number of ether oxygens (including phenoxy) is 4. The van der Waals surface area contributed by atoms with E-state index in [0.29, 0.717) is 30.2 Å². The Hall–Kier alpha value is -1.70. The van der Waals surface area contributed by atoms with Crippen LogP contribution in [-0.4, -0.2) is 159 Å². The third kappa shape index (κ3) is 12.0. The van der Waals surface area contributed by atoms with Crippen LogP contribution in [0.1, 0.15) is 62.3 Å². The van der Waals surface area contributed by atoms with Gasteiger partial charge in [-0.2, -0.15) is 0 Å². The van der Waals surface area contributed by atoms with Crippen molar-refractivity contribution in [3.05, 3.63) is 0 Å². The molecule has 43 heavy (non-hydrogen) atoms. The maximum Gasteiger partial charge on any atom is 0.410 e. The molecule has 0 unspecified atom stereocenters. The van der Waals surface area contributed by atoms with E-state index < -0.39 is 11.2 Å². The summed E-state index contributed by atoms with van der Waals surface area (Å²) in [6, 6.07) is 2.68. The third-order valence-corrected chi connectivity index (χ3v) is 8.08. The smallest absolute Gasteiger partial charge is 0.410 e. The van der Waals surface area contributed by atoms with Crippen LogP contribution in [0.3, 0.4) is 0 Å². The number of hydrogen-bond donors (Lipinski definition) is 2. The number of carbonyl (C=O) groups excluding carboxylic acids is 2. The zero-order valence-electron chi connectivity index (χ0n) is 28.3. The minimum atomic E-state index is -0.417. The van der Waals surface area contributed by atoms with Crippen LogP contribution in [0.5, 0.6) is 0 Å². The number of amides is 2. The minimum Gasteiger partial charge on any atom is -0.444 e. The van der Waals surface area contributed by atoms with E-state index in [2.05, 4.69) is 41.2 Å². The zero-order chi connectivity index (χ0) is 31.8. The summed E-state index contributed by atoms with van der Waals surface area (Å²) < 4.78 is 21.1. The standard InChI is InChI=1S/C13H24N2O3.C10H20N2O2.C8H16N2O/c1-10-7-14(12(16)18-13(2,3)4)5-6-15(10)11-8-17-9-11;1-8-7-12(6-5-11-8)9(13)14-10(2,3)4;1-7-4-9-2-3-10(7)8-5-11-6-8/h10-11H,5-9H2,1-4H3;8,11H,5-7H2,1-4H3;7-9H,2-6H2,1H3/t10-;8-;7-/m000/s1. The van der Waals surface area contributed by atoms with Gasteiger partial charge in [0.1, 0.15) is 11.2 Å². The van der Waals surface area contributed by atoms with E-state index in [0.717, 1.165) is 78.8 Å². The van der Waals surface area contributed by atoms with Gasteiger partial charge in [-0.15, -0.1) is 0 Å². The van der Waals surface area contributed by atoms with E-state index in [1.807, 2.05) is 46.4 Å². The largest absolute Gasteiger partial charge is 0.444 e. The van der Waals surface area contributed by atoms with Crippen molar-refractivity contribution in [3.8, 4) is 0 Å². The summed E-state index contributed by atoms with van der Waals surface area (Å²) in [5.74, 6) is 0. The van der Waals surface area contributed by atoms with Crippen LogP contribution >= 0.6 is 0 Å². The number of hydrogen-bond acceptors (Lipinski definition) is 10. The molecule has 0 spiro atoms. The molecule has 0 aromatic heterocycles. The molecule has 5 fully saturated rings. The van der Waals surface area contributed by atoms with Crippen LogP contribution in [-0.2, 0) is 18.9 Å². The number of nitrogens with one attached hydrogen (secondary N) is 2. The van der Waals surface area contributed by atoms with E-state index >= 15 is 0 Å². The Morgan fingerprint density at radius 1 is 0.674 bits per heavy atom. The number of carbonyl (C=O) groups is 2. The van der Waals surface area contributed by atoms with E-state index in [1.54, 1.807) is 4.90 Å². The summed E-state index contributed by atoms with van der Waals surface area (Å²) in [4.78, 5) is 32.2. The molecule has 5 heterocycles. The molecule has 0 aromatic carbocycles. The predicted octanol–water partition coefficient (Wildman–Crippen LogP) is 2.22. The van der Waals surface area contributed by atoms with Crippen molar-refractivity contribution in [2.45, 2.75) is 104 Å². The first-order valence-corrected chi connectivity index (χ1v) is 16.2. The fourth-order valence-electron chi connectivity index (χ4n) is 5.66. The fourth-order valence-corrected chi connectivity index (χ4v) is 5.66. The van der Waals surface area contributed by atoms with Crippen LogP contribution in [0.15, 0.2) is 0 Å². The van der Waals surface area contributed by atoms with Crippen molar-refractivity contribution in [2.75, 3.05) is 85.3 Å². The molecule has 3 atom stereocenters. The first-order chi connectivity index (χ1) is 20.1. The van der Waals surface area contributed by atoms with E-state index in [4.69, 9.17) is 18.9 Å². The Morgan fingerprint density at radius 3 is 1.60 bits per heavy atom. The minimum absolute atomic E-state index is 0.196. The predicted molar refractivity (Wildman–Crippen MR) is 167 cm³/mol. The van der Waals surface area contributed by atoms with Gasteiger partial charge in [0.25, 0.3) is 0 Å². The van der Waals surface area contributed by atoms with Gasteiger partial charge in [0, 0.05) is 77.0 Å². The lowest BCUT2D eigenvalue weighted by Crippen LogP contribution is -2.61. The molecule has 0 aromatic rings. The first kappa shape index (κ1) is 35.8. The molecule has 12 heteroatoms. The molecular formula is C31H60N6O6. The van der Waals surface area contributed by atoms with Crippen molar-refractivity contribution in [3.63, 3.8) is 0 Å². The molecule has 250 valence electrons. The molecule has 0 aliphatic carbocycles. The summed E-state index contributed by atoms with van der Waals surface area (Å²) in [6.07, 6.45) is -0.398. The molecule has 0 bridgehead atoms. The van der Waals surface area contributed by atoms with Crippen molar-refractivity contribution in [1.82, 2.24) is 30.2 Å². The molecule has 12 nitrogen and oxygen atoms in total. The van der Waals surface area contributed by atoms with Crippen LogP contribution in [0.4, 0.5) is 9.59 Å². The lowest BCUT2D eigenvalue weighted by atomic mass is 10.1. The SMILES string of the molecule is C[C@H]1CN(C(=O)OC(C)(C)C)CCN1.C[C@H]1CN(C(=O)OC(C)(C)C)CCN1C1COC1.C[C@H]1CNCCN1C1COC1. The third-order valence-electron chi connectivity index (χ3n) is 8.08. The first-order valence-electron chi connectivity index (χ1n) is 16.2. The van der Waals surface area contributed by atoms with Gasteiger partial charge in [-0.25, -0.2) is 9.59 Å². The highest BCUT2D eigenvalue weighted by atomic mass is 16.6. The second kappa shape index (κ2) is 16.0. The number of piperazine rings is 3. The lowest BCUT2D eigenvalue weighted by molar-refractivity contribution is -0.0934. The second-order valence-electron chi connectivity index (χ2n) is 14.5. The molecule has 0 radical (unpaired) electrons. The lowest BCUT2D eigenvalue weighted by Gasteiger charge is -2.46. The van der Waals surface area contributed by atoms with Crippen LogP contribution in [0.2, 0.25) is 0 Å². The molecule has 5 saturated heterocycles. The Morgan fingerprint density at radius 2 is 1.19 bits per heavy atom. The zero-order valence-corrected chi connectivity index (χ0v) is 28.3. The number of nitrogens with zero attached hydrogens (tertiary/aromatic N) is 4. The average molecular weight is 613 g/mol. The van der Waals surface area contributed by atoms with Crippen molar-refractivity contribution >= 4 is 12.2 Å². The van der Waals surface area contributed by atoms with Crippen LogP contribution in [0.25, 0.3) is 0 Å². The summed E-state index contributed by atoms with van der Waals surface area (Å²) in [5, 5.41) is 6.67. The molecule has 0 saturated carbocycles. The second-order valence-corrected chi connectivity index (χ2v) is 14.5. The molecular weight excluding hydrogens is 552 g/mol. The van der Waals surface area contributed by atoms with Crippen LogP contribution in [0, 0.1) is 0 Å².